The molecule has 1 N–H and O–H groups in total. The fourth-order valence-corrected chi connectivity index (χ4v) is 1.83. The van der Waals surface area contributed by atoms with Crippen LogP contribution in [0.1, 0.15) is 31.9 Å². The number of aromatic nitrogens is 1. The SMILES string of the molecule is CNC(CCN(C)C)c1cncc(OC(C)C)c1. The van der Waals surface area contributed by atoms with Gasteiger partial charge in [-0.1, -0.05) is 0 Å². The van der Waals surface area contributed by atoms with Crippen molar-refractivity contribution in [1.29, 1.82) is 0 Å². The molecule has 0 aliphatic rings. The maximum absolute atomic E-state index is 5.67. The fourth-order valence-electron chi connectivity index (χ4n) is 1.83. The predicted molar refractivity (Wildman–Crippen MR) is 75.0 cm³/mol. The van der Waals surface area contributed by atoms with Crippen LogP contribution in [0.4, 0.5) is 0 Å². The molecule has 1 aromatic rings. The molecule has 0 saturated heterocycles. The summed E-state index contributed by atoms with van der Waals surface area (Å²) in [5.74, 6) is 0.840. The van der Waals surface area contributed by atoms with Crippen molar-refractivity contribution < 1.29 is 4.74 Å². The smallest absolute Gasteiger partial charge is 0.138 e. The third kappa shape index (κ3) is 5.02. The molecule has 1 rings (SSSR count). The minimum atomic E-state index is 0.178. The van der Waals surface area contributed by atoms with E-state index in [9.17, 15) is 0 Å². The van der Waals surface area contributed by atoms with Gasteiger partial charge in [0.2, 0.25) is 0 Å². The zero-order valence-corrected chi connectivity index (χ0v) is 12.1. The van der Waals surface area contributed by atoms with Crippen molar-refractivity contribution in [3.8, 4) is 5.75 Å². The summed E-state index contributed by atoms with van der Waals surface area (Å²) < 4.78 is 5.67. The summed E-state index contributed by atoms with van der Waals surface area (Å²) in [6, 6.07) is 2.39. The van der Waals surface area contributed by atoms with Crippen molar-refractivity contribution in [1.82, 2.24) is 15.2 Å². The Labute approximate surface area is 110 Å². The highest BCUT2D eigenvalue weighted by molar-refractivity contribution is 5.26. The predicted octanol–water partition coefficient (Wildman–Crippen LogP) is 2.08. The lowest BCUT2D eigenvalue weighted by Crippen LogP contribution is -2.23. The molecule has 18 heavy (non-hydrogen) atoms. The van der Waals surface area contributed by atoms with Gasteiger partial charge in [0.05, 0.1) is 12.3 Å². The summed E-state index contributed by atoms with van der Waals surface area (Å²) in [6.07, 6.45) is 4.90. The minimum absolute atomic E-state index is 0.178. The van der Waals surface area contributed by atoms with Gasteiger partial charge in [0, 0.05) is 12.2 Å². The molecule has 102 valence electrons. The van der Waals surface area contributed by atoms with Gasteiger partial charge in [0.1, 0.15) is 5.75 Å². The third-order valence-corrected chi connectivity index (χ3v) is 2.72. The van der Waals surface area contributed by atoms with Gasteiger partial charge >= 0.3 is 0 Å². The molecule has 0 aromatic carbocycles. The van der Waals surface area contributed by atoms with E-state index in [0.717, 1.165) is 18.7 Å². The molecule has 0 fully saturated rings. The van der Waals surface area contributed by atoms with Crippen molar-refractivity contribution in [2.24, 2.45) is 0 Å². The second kappa shape index (κ2) is 7.34. The van der Waals surface area contributed by atoms with E-state index in [1.165, 1.54) is 5.56 Å². The van der Waals surface area contributed by atoms with Gasteiger partial charge in [-0.25, -0.2) is 0 Å². The number of nitrogens with one attached hydrogen (secondary N) is 1. The quantitative estimate of drug-likeness (QED) is 0.805. The van der Waals surface area contributed by atoms with Crippen LogP contribution >= 0.6 is 0 Å². The van der Waals surface area contributed by atoms with Crippen LogP contribution in [0, 0.1) is 0 Å². The highest BCUT2D eigenvalue weighted by atomic mass is 16.5. The Hall–Kier alpha value is -1.13. The van der Waals surface area contributed by atoms with Gasteiger partial charge < -0.3 is 15.0 Å². The van der Waals surface area contributed by atoms with Gasteiger partial charge in [-0.05, 0) is 59.6 Å². The molecule has 0 aliphatic heterocycles. The van der Waals surface area contributed by atoms with E-state index in [-0.39, 0.29) is 6.10 Å². The number of pyridine rings is 1. The molecule has 0 saturated carbocycles. The third-order valence-electron chi connectivity index (χ3n) is 2.72. The van der Waals surface area contributed by atoms with Crippen molar-refractivity contribution >= 4 is 0 Å². The molecule has 4 nitrogen and oxygen atoms in total. The Morgan fingerprint density at radius 3 is 2.61 bits per heavy atom. The number of hydrogen-bond acceptors (Lipinski definition) is 4. The Bertz CT molecular complexity index is 353. The second-order valence-corrected chi connectivity index (χ2v) is 5.05. The summed E-state index contributed by atoms with van der Waals surface area (Å²) in [4.78, 5) is 6.44. The first-order valence-electron chi connectivity index (χ1n) is 6.46. The monoisotopic (exact) mass is 251 g/mol. The lowest BCUT2D eigenvalue weighted by molar-refractivity contribution is 0.241. The van der Waals surface area contributed by atoms with Crippen LogP contribution in [0.15, 0.2) is 18.5 Å². The Kier molecular flexibility index (Phi) is 6.09. The summed E-state index contributed by atoms with van der Waals surface area (Å²) in [5, 5.41) is 3.33. The molecule has 0 spiro atoms. The summed E-state index contributed by atoms with van der Waals surface area (Å²) in [6.45, 7) is 5.09. The van der Waals surface area contributed by atoms with Crippen LogP contribution in [-0.2, 0) is 0 Å². The highest BCUT2D eigenvalue weighted by Crippen LogP contribution is 2.21. The molecule has 0 bridgehead atoms. The largest absolute Gasteiger partial charge is 0.489 e. The molecule has 1 atom stereocenters. The lowest BCUT2D eigenvalue weighted by Gasteiger charge is -2.19. The minimum Gasteiger partial charge on any atom is -0.489 e. The van der Waals surface area contributed by atoms with Gasteiger partial charge in [0.15, 0.2) is 0 Å². The molecule has 0 aliphatic carbocycles. The van der Waals surface area contributed by atoms with E-state index in [1.807, 2.05) is 27.1 Å². The van der Waals surface area contributed by atoms with Crippen LogP contribution in [0.2, 0.25) is 0 Å². The Morgan fingerprint density at radius 1 is 1.33 bits per heavy atom. The summed E-state index contributed by atoms with van der Waals surface area (Å²) in [7, 11) is 6.16. The Morgan fingerprint density at radius 2 is 2.06 bits per heavy atom. The van der Waals surface area contributed by atoms with Crippen molar-refractivity contribution in [3.05, 3.63) is 24.0 Å². The zero-order valence-electron chi connectivity index (χ0n) is 12.1. The van der Waals surface area contributed by atoms with Crippen LogP contribution in [0.3, 0.4) is 0 Å². The standard InChI is InChI=1S/C14H25N3O/c1-11(2)18-13-8-12(9-16-10-13)14(15-3)6-7-17(4)5/h8-11,14-15H,6-7H2,1-5H3. The van der Waals surface area contributed by atoms with E-state index in [0.29, 0.717) is 6.04 Å². The molecule has 1 aromatic heterocycles. The molecule has 4 heteroatoms. The zero-order chi connectivity index (χ0) is 13.5. The molecule has 0 radical (unpaired) electrons. The number of ether oxygens (including phenoxy) is 1. The van der Waals surface area contributed by atoms with Crippen molar-refractivity contribution in [2.75, 3.05) is 27.7 Å². The van der Waals surface area contributed by atoms with Crippen LogP contribution in [0.5, 0.6) is 5.75 Å². The normalized spacial score (nSPS) is 13.1. The van der Waals surface area contributed by atoms with Crippen LogP contribution in [0.25, 0.3) is 0 Å². The fraction of sp³-hybridized carbons (Fsp3) is 0.643. The highest BCUT2D eigenvalue weighted by Gasteiger charge is 2.11. The van der Waals surface area contributed by atoms with E-state index >= 15 is 0 Å². The lowest BCUT2D eigenvalue weighted by atomic mass is 10.1. The van der Waals surface area contributed by atoms with Crippen molar-refractivity contribution in [3.63, 3.8) is 0 Å². The molecule has 0 amide bonds. The molecule has 1 heterocycles. The summed E-state index contributed by atoms with van der Waals surface area (Å²) >= 11 is 0. The van der Waals surface area contributed by atoms with Crippen molar-refractivity contribution in [2.45, 2.75) is 32.4 Å². The maximum atomic E-state index is 5.67. The molecular formula is C14H25N3O. The number of rotatable bonds is 7. The Balaban J connectivity index is 2.72. The second-order valence-electron chi connectivity index (χ2n) is 5.05. The van der Waals surface area contributed by atoms with E-state index < -0.39 is 0 Å². The van der Waals surface area contributed by atoms with E-state index in [4.69, 9.17) is 4.74 Å². The van der Waals surface area contributed by atoms with Gasteiger partial charge in [0.25, 0.3) is 0 Å². The number of nitrogens with zero attached hydrogens (tertiary/aromatic N) is 2. The topological polar surface area (TPSA) is 37.4 Å². The van der Waals surface area contributed by atoms with Gasteiger partial charge in [-0.2, -0.15) is 0 Å². The average Bonchev–Trinajstić information content (AvgIpc) is 2.29. The average molecular weight is 251 g/mol. The number of hydrogen-bond donors (Lipinski definition) is 1. The van der Waals surface area contributed by atoms with E-state index in [1.54, 1.807) is 6.20 Å². The van der Waals surface area contributed by atoms with E-state index in [2.05, 4.69) is 35.4 Å². The summed E-state index contributed by atoms with van der Waals surface area (Å²) in [5.41, 5.74) is 1.18. The molecule has 1 unspecified atom stereocenters. The molecular weight excluding hydrogens is 226 g/mol. The van der Waals surface area contributed by atoms with Crippen LogP contribution in [-0.4, -0.2) is 43.7 Å². The first-order valence-corrected chi connectivity index (χ1v) is 6.46. The first kappa shape index (κ1) is 14.9. The van der Waals surface area contributed by atoms with Crippen LogP contribution < -0.4 is 10.1 Å². The first-order chi connectivity index (χ1) is 8.52. The maximum Gasteiger partial charge on any atom is 0.138 e. The van der Waals surface area contributed by atoms with Gasteiger partial charge in [-0.3, -0.25) is 4.98 Å². The van der Waals surface area contributed by atoms with Gasteiger partial charge in [-0.15, -0.1) is 0 Å².